The first kappa shape index (κ1) is 14.3. The second-order valence-electron chi connectivity index (χ2n) is 5.75. The lowest BCUT2D eigenvalue weighted by molar-refractivity contribution is 0.154. The van der Waals surface area contributed by atoms with Crippen LogP contribution in [0, 0.1) is 6.92 Å². The molecule has 1 aliphatic rings. The largest absolute Gasteiger partial charge is 0.334 e. The van der Waals surface area contributed by atoms with Crippen LogP contribution in [-0.4, -0.2) is 46.7 Å². The third kappa shape index (κ3) is 3.71. The van der Waals surface area contributed by atoms with E-state index in [-0.39, 0.29) is 0 Å². The Kier molecular flexibility index (Phi) is 4.68. The first-order valence-corrected chi connectivity index (χ1v) is 7.79. The fourth-order valence-electron chi connectivity index (χ4n) is 3.06. The summed E-state index contributed by atoms with van der Waals surface area (Å²) >= 11 is 0. The number of nitrogens with one attached hydrogen (secondary N) is 1. The van der Waals surface area contributed by atoms with Crippen LogP contribution < -0.4 is 5.32 Å². The van der Waals surface area contributed by atoms with Gasteiger partial charge in [-0.2, -0.15) is 0 Å². The molecule has 1 aromatic carbocycles. The number of nitrogens with zero attached hydrogens (tertiary/aromatic N) is 3. The summed E-state index contributed by atoms with van der Waals surface area (Å²) in [5, 5.41) is 3.53. The van der Waals surface area contributed by atoms with Gasteiger partial charge in [0.1, 0.15) is 5.82 Å². The minimum atomic E-state index is 0.588. The summed E-state index contributed by atoms with van der Waals surface area (Å²) in [4.78, 5) is 6.91. The van der Waals surface area contributed by atoms with Crippen LogP contribution in [0.1, 0.15) is 11.4 Å². The maximum absolute atomic E-state index is 4.30. The molecule has 112 valence electrons. The van der Waals surface area contributed by atoms with Gasteiger partial charge in [-0.25, -0.2) is 4.98 Å². The minimum absolute atomic E-state index is 0.588. The molecule has 2 heterocycles. The first-order valence-electron chi connectivity index (χ1n) is 7.79. The van der Waals surface area contributed by atoms with E-state index in [0.29, 0.717) is 6.04 Å². The van der Waals surface area contributed by atoms with Crippen LogP contribution in [0.25, 0.3) is 0 Å². The van der Waals surface area contributed by atoms with Crippen LogP contribution >= 0.6 is 0 Å². The summed E-state index contributed by atoms with van der Waals surface area (Å²) in [5.74, 6) is 1.10. The van der Waals surface area contributed by atoms with Crippen LogP contribution in [0.5, 0.6) is 0 Å². The minimum Gasteiger partial charge on any atom is -0.334 e. The quantitative estimate of drug-likeness (QED) is 0.907. The third-order valence-corrected chi connectivity index (χ3v) is 4.34. The molecule has 0 bridgehead atoms. The van der Waals surface area contributed by atoms with Crippen molar-refractivity contribution in [2.24, 2.45) is 0 Å². The Balaban J connectivity index is 1.60. The fraction of sp³-hybridized carbons (Fsp3) is 0.471. The van der Waals surface area contributed by atoms with Crippen molar-refractivity contribution in [3.05, 3.63) is 54.1 Å². The van der Waals surface area contributed by atoms with Crippen molar-refractivity contribution in [3.63, 3.8) is 0 Å². The van der Waals surface area contributed by atoms with Crippen LogP contribution in [-0.2, 0) is 13.0 Å². The van der Waals surface area contributed by atoms with Gasteiger partial charge in [0.25, 0.3) is 0 Å². The van der Waals surface area contributed by atoms with Crippen molar-refractivity contribution < 1.29 is 0 Å². The molecule has 4 heteroatoms. The number of rotatable bonds is 5. The number of benzene rings is 1. The Hall–Kier alpha value is -1.65. The van der Waals surface area contributed by atoms with Gasteiger partial charge in [0.15, 0.2) is 0 Å². The topological polar surface area (TPSA) is 33.1 Å². The molecule has 1 saturated heterocycles. The van der Waals surface area contributed by atoms with Crippen LogP contribution in [0.4, 0.5) is 0 Å². The number of aryl methyl sites for hydroxylation is 1. The van der Waals surface area contributed by atoms with Crippen molar-refractivity contribution in [1.82, 2.24) is 19.8 Å². The molecular weight excluding hydrogens is 260 g/mol. The Morgan fingerprint density at radius 2 is 2.10 bits per heavy atom. The molecule has 0 aliphatic carbocycles. The molecule has 1 aliphatic heterocycles. The second kappa shape index (κ2) is 6.87. The molecule has 1 aromatic heterocycles. The molecule has 0 amide bonds. The highest BCUT2D eigenvalue weighted by molar-refractivity contribution is 5.16. The van der Waals surface area contributed by atoms with Crippen molar-refractivity contribution in [2.75, 3.05) is 26.2 Å². The molecule has 1 unspecified atom stereocenters. The van der Waals surface area contributed by atoms with Gasteiger partial charge in [0, 0.05) is 51.2 Å². The van der Waals surface area contributed by atoms with Gasteiger partial charge in [-0.3, -0.25) is 4.90 Å². The van der Waals surface area contributed by atoms with Gasteiger partial charge in [-0.1, -0.05) is 30.3 Å². The molecule has 4 nitrogen and oxygen atoms in total. The number of imidazole rings is 1. The van der Waals surface area contributed by atoms with Crippen LogP contribution in [0.3, 0.4) is 0 Å². The van der Waals surface area contributed by atoms with Gasteiger partial charge in [-0.05, 0) is 18.9 Å². The van der Waals surface area contributed by atoms with Gasteiger partial charge in [0.05, 0.1) is 0 Å². The predicted molar refractivity (Wildman–Crippen MR) is 85.3 cm³/mol. The van der Waals surface area contributed by atoms with E-state index in [1.165, 1.54) is 5.56 Å². The van der Waals surface area contributed by atoms with Crippen molar-refractivity contribution >= 4 is 0 Å². The molecule has 0 radical (unpaired) electrons. The number of hydrogen-bond donors (Lipinski definition) is 1. The molecular formula is C17H24N4. The Morgan fingerprint density at radius 1 is 1.24 bits per heavy atom. The zero-order valence-electron chi connectivity index (χ0n) is 12.7. The maximum atomic E-state index is 4.30. The zero-order chi connectivity index (χ0) is 14.5. The average Bonchev–Trinajstić information content (AvgIpc) is 2.93. The average molecular weight is 284 g/mol. The van der Waals surface area contributed by atoms with E-state index in [9.17, 15) is 0 Å². The van der Waals surface area contributed by atoms with Crippen molar-refractivity contribution in [3.8, 4) is 0 Å². The van der Waals surface area contributed by atoms with E-state index < -0.39 is 0 Å². The lowest BCUT2D eigenvalue weighted by Gasteiger charge is -2.36. The van der Waals surface area contributed by atoms with E-state index in [2.05, 4.69) is 63.2 Å². The standard InChI is InChI=1S/C17H24N4/c1-15-19-8-10-20(15)11-12-21-9-7-18-14-17(21)13-16-5-3-2-4-6-16/h2-6,8,10,17-18H,7,9,11-14H2,1H3. The van der Waals surface area contributed by atoms with E-state index in [4.69, 9.17) is 0 Å². The summed E-state index contributed by atoms with van der Waals surface area (Å²) in [6.07, 6.45) is 5.08. The molecule has 1 atom stereocenters. The lowest BCUT2D eigenvalue weighted by Crippen LogP contribution is -2.52. The monoisotopic (exact) mass is 284 g/mol. The Morgan fingerprint density at radius 3 is 2.86 bits per heavy atom. The van der Waals surface area contributed by atoms with E-state index >= 15 is 0 Å². The van der Waals surface area contributed by atoms with Gasteiger partial charge in [0.2, 0.25) is 0 Å². The zero-order valence-corrected chi connectivity index (χ0v) is 12.7. The summed E-state index contributed by atoms with van der Waals surface area (Å²) in [7, 11) is 0. The molecule has 0 spiro atoms. The normalized spacial score (nSPS) is 19.8. The SMILES string of the molecule is Cc1nccn1CCN1CCNCC1Cc1ccccc1. The molecule has 1 fully saturated rings. The van der Waals surface area contributed by atoms with Crippen LogP contribution in [0.15, 0.2) is 42.7 Å². The third-order valence-electron chi connectivity index (χ3n) is 4.34. The fourth-order valence-corrected chi connectivity index (χ4v) is 3.06. The smallest absolute Gasteiger partial charge is 0.105 e. The molecule has 3 rings (SSSR count). The molecule has 2 aromatic rings. The molecule has 0 saturated carbocycles. The predicted octanol–water partition coefficient (Wildman–Crippen LogP) is 1.71. The highest BCUT2D eigenvalue weighted by atomic mass is 15.2. The lowest BCUT2D eigenvalue weighted by atomic mass is 10.0. The van der Waals surface area contributed by atoms with Gasteiger partial charge >= 0.3 is 0 Å². The first-order chi connectivity index (χ1) is 10.3. The summed E-state index contributed by atoms with van der Waals surface area (Å²) in [5.41, 5.74) is 1.43. The van der Waals surface area contributed by atoms with Gasteiger partial charge in [-0.15, -0.1) is 0 Å². The summed E-state index contributed by atoms with van der Waals surface area (Å²) < 4.78 is 2.24. The number of hydrogen-bond acceptors (Lipinski definition) is 3. The molecule has 1 N–H and O–H groups in total. The second-order valence-corrected chi connectivity index (χ2v) is 5.75. The Labute approximate surface area is 126 Å². The van der Waals surface area contributed by atoms with Crippen molar-refractivity contribution in [2.45, 2.75) is 25.9 Å². The van der Waals surface area contributed by atoms with Crippen LogP contribution in [0.2, 0.25) is 0 Å². The molecule has 21 heavy (non-hydrogen) atoms. The Bertz CT molecular complexity index is 549. The number of piperazine rings is 1. The summed E-state index contributed by atoms with van der Waals surface area (Å²) in [6, 6.07) is 11.4. The summed E-state index contributed by atoms with van der Waals surface area (Å²) in [6.45, 7) is 7.49. The van der Waals surface area contributed by atoms with E-state index in [0.717, 1.165) is 45.0 Å². The number of aromatic nitrogens is 2. The highest BCUT2D eigenvalue weighted by Gasteiger charge is 2.22. The van der Waals surface area contributed by atoms with E-state index in [1.807, 2.05) is 6.20 Å². The highest BCUT2D eigenvalue weighted by Crippen LogP contribution is 2.11. The van der Waals surface area contributed by atoms with Crippen molar-refractivity contribution in [1.29, 1.82) is 0 Å². The maximum Gasteiger partial charge on any atom is 0.105 e. The van der Waals surface area contributed by atoms with Gasteiger partial charge < -0.3 is 9.88 Å². The van der Waals surface area contributed by atoms with E-state index in [1.54, 1.807) is 0 Å².